The van der Waals surface area contributed by atoms with Crippen molar-refractivity contribution >= 4 is 16.8 Å². The number of H-pyrrole nitrogens is 1. The smallest absolute Gasteiger partial charge is 0.417 e. The maximum Gasteiger partial charge on any atom is 0.417 e. The van der Waals surface area contributed by atoms with Crippen molar-refractivity contribution in [3.8, 4) is 17.6 Å². The lowest BCUT2D eigenvalue weighted by atomic mass is 10.2. The number of ether oxygens (including phenoxy) is 1. The predicted octanol–water partition coefficient (Wildman–Crippen LogP) is 2.56. The molecule has 6 heteroatoms. The molecule has 0 bridgehead atoms. The number of nitrogens with two attached hydrogens (primary N) is 1. The molecule has 3 N–H and O–H groups in total. The lowest BCUT2D eigenvalue weighted by Gasteiger charge is -2.08. The summed E-state index contributed by atoms with van der Waals surface area (Å²) in [6.07, 6.45) is 0.352. The minimum Gasteiger partial charge on any atom is -0.455 e. The fraction of sp³-hybridized carbons (Fsp3) is 0.0667. The second kappa shape index (κ2) is 5.06. The molecule has 0 atom stereocenters. The first-order valence-corrected chi connectivity index (χ1v) is 6.22. The first kappa shape index (κ1) is 12.8. The Hall–Kier alpha value is -3.20. The molecule has 0 unspecified atom stereocenters. The van der Waals surface area contributed by atoms with Gasteiger partial charge in [0.2, 0.25) is 0 Å². The molecule has 1 heterocycles. The lowest BCUT2D eigenvalue weighted by Crippen LogP contribution is -1.93. The van der Waals surface area contributed by atoms with Gasteiger partial charge in [-0.25, -0.2) is 4.79 Å². The van der Waals surface area contributed by atoms with Crippen LogP contribution in [0.25, 0.3) is 11.1 Å². The number of anilines is 1. The van der Waals surface area contributed by atoms with Crippen molar-refractivity contribution in [2.75, 3.05) is 5.73 Å². The molecule has 0 radical (unpaired) electrons. The van der Waals surface area contributed by atoms with E-state index in [4.69, 9.17) is 20.1 Å². The monoisotopic (exact) mass is 281 g/mol. The van der Waals surface area contributed by atoms with Crippen molar-refractivity contribution in [1.29, 1.82) is 5.26 Å². The summed E-state index contributed by atoms with van der Waals surface area (Å²) in [6.45, 7) is 0. The van der Waals surface area contributed by atoms with Crippen LogP contribution < -0.4 is 16.2 Å². The summed E-state index contributed by atoms with van der Waals surface area (Å²) in [5.74, 6) is 0.476. The molecule has 3 rings (SSSR count). The zero-order valence-corrected chi connectivity index (χ0v) is 10.9. The highest BCUT2D eigenvalue weighted by molar-refractivity contribution is 5.80. The van der Waals surface area contributed by atoms with E-state index in [1.54, 1.807) is 18.2 Å². The number of nitriles is 1. The van der Waals surface area contributed by atoms with Crippen LogP contribution in [0.15, 0.2) is 45.6 Å². The molecular formula is C15H11N3O3. The van der Waals surface area contributed by atoms with Crippen LogP contribution in [0.2, 0.25) is 0 Å². The highest BCUT2D eigenvalue weighted by atomic mass is 16.5. The average molecular weight is 281 g/mol. The Balaban J connectivity index is 1.91. The highest BCUT2D eigenvalue weighted by Gasteiger charge is 2.08. The van der Waals surface area contributed by atoms with Gasteiger partial charge in [-0.1, -0.05) is 12.1 Å². The maximum absolute atomic E-state index is 11.1. The average Bonchev–Trinajstić information content (AvgIpc) is 2.81. The second-order valence-corrected chi connectivity index (χ2v) is 4.48. The van der Waals surface area contributed by atoms with Gasteiger partial charge in [-0.15, -0.1) is 0 Å². The van der Waals surface area contributed by atoms with Gasteiger partial charge in [0.1, 0.15) is 5.75 Å². The number of rotatable bonds is 3. The predicted molar refractivity (Wildman–Crippen MR) is 77.1 cm³/mol. The Morgan fingerprint density at radius 2 is 2.05 bits per heavy atom. The number of hydrogen-bond donors (Lipinski definition) is 2. The molecular weight excluding hydrogens is 270 g/mol. The van der Waals surface area contributed by atoms with Crippen molar-refractivity contribution in [2.45, 2.75) is 6.42 Å². The van der Waals surface area contributed by atoms with Crippen molar-refractivity contribution in [3.63, 3.8) is 0 Å². The van der Waals surface area contributed by atoms with Gasteiger partial charge in [0.25, 0.3) is 0 Å². The van der Waals surface area contributed by atoms with Crippen LogP contribution in [0.3, 0.4) is 0 Å². The van der Waals surface area contributed by atoms with E-state index in [0.29, 0.717) is 34.7 Å². The van der Waals surface area contributed by atoms with E-state index in [1.165, 1.54) is 6.07 Å². The molecule has 0 saturated heterocycles. The number of aromatic nitrogens is 1. The zero-order valence-electron chi connectivity index (χ0n) is 10.9. The van der Waals surface area contributed by atoms with Crippen LogP contribution in [-0.2, 0) is 6.42 Å². The van der Waals surface area contributed by atoms with E-state index < -0.39 is 5.76 Å². The third-order valence-corrected chi connectivity index (χ3v) is 2.99. The number of oxazole rings is 1. The van der Waals surface area contributed by atoms with Crippen molar-refractivity contribution in [1.82, 2.24) is 4.98 Å². The molecule has 1 aromatic heterocycles. The lowest BCUT2D eigenvalue weighted by molar-refractivity contribution is 0.485. The molecule has 21 heavy (non-hydrogen) atoms. The first-order chi connectivity index (χ1) is 10.2. The first-order valence-electron chi connectivity index (χ1n) is 6.22. The van der Waals surface area contributed by atoms with Crippen LogP contribution in [-0.4, -0.2) is 4.98 Å². The number of benzene rings is 2. The number of nitrogen functional groups attached to an aromatic ring is 1. The maximum atomic E-state index is 11.1. The Morgan fingerprint density at radius 1 is 1.29 bits per heavy atom. The SMILES string of the molecule is N#CCc1ccc(Oc2cc3[nH]c(=O)oc3cc2N)cc1. The van der Waals surface area contributed by atoms with Crippen molar-refractivity contribution in [2.24, 2.45) is 0 Å². The van der Waals surface area contributed by atoms with E-state index in [9.17, 15) is 4.79 Å². The molecule has 6 nitrogen and oxygen atoms in total. The molecule has 0 fully saturated rings. The standard InChI is InChI=1S/C15H11N3O3/c16-6-5-9-1-3-10(4-2-9)20-13-8-12-14(7-11(13)17)21-15(19)18-12/h1-4,7-8H,5,17H2,(H,18,19). The summed E-state index contributed by atoms with van der Waals surface area (Å²) >= 11 is 0. The molecule has 0 spiro atoms. The Labute approximate surface area is 119 Å². The Kier molecular flexibility index (Phi) is 3.09. The van der Waals surface area contributed by atoms with Crippen LogP contribution >= 0.6 is 0 Å². The quantitative estimate of drug-likeness (QED) is 0.718. The van der Waals surface area contributed by atoms with Crippen LogP contribution in [0.4, 0.5) is 5.69 Å². The number of nitrogens with one attached hydrogen (secondary N) is 1. The fourth-order valence-electron chi connectivity index (χ4n) is 1.98. The minimum atomic E-state index is -0.539. The summed E-state index contributed by atoms with van der Waals surface area (Å²) in [7, 11) is 0. The summed E-state index contributed by atoms with van der Waals surface area (Å²) in [5.41, 5.74) is 8.06. The van der Waals surface area contributed by atoms with Crippen LogP contribution in [0.5, 0.6) is 11.5 Å². The van der Waals surface area contributed by atoms with Gasteiger partial charge in [0.05, 0.1) is 23.7 Å². The molecule has 104 valence electrons. The Morgan fingerprint density at radius 3 is 2.76 bits per heavy atom. The van der Waals surface area contributed by atoms with Gasteiger partial charge in [-0.3, -0.25) is 4.98 Å². The number of aromatic amines is 1. The molecule has 0 aliphatic heterocycles. The topological polar surface area (TPSA) is 105 Å². The third kappa shape index (κ3) is 2.58. The molecule has 2 aromatic carbocycles. The van der Waals surface area contributed by atoms with E-state index in [1.807, 2.05) is 12.1 Å². The third-order valence-electron chi connectivity index (χ3n) is 2.99. The van der Waals surface area contributed by atoms with Gasteiger partial charge >= 0.3 is 5.76 Å². The Bertz CT molecular complexity index is 885. The van der Waals surface area contributed by atoms with E-state index in [2.05, 4.69) is 11.1 Å². The normalized spacial score (nSPS) is 10.4. The van der Waals surface area contributed by atoms with Gasteiger partial charge in [-0.2, -0.15) is 5.26 Å². The molecule has 0 amide bonds. The minimum absolute atomic E-state index is 0.352. The van der Waals surface area contributed by atoms with Gasteiger partial charge in [0.15, 0.2) is 11.3 Å². The van der Waals surface area contributed by atoms with E-state index >= 15 is 0 Å². The van der Waals surface area contributed by atoms with E-state index in [0.717, 1.165) is 5.56 Å². The van der Waals surface area contributed by atoms with Crippen molar-refractivity contribution < 1.29 is 9.15 Å². The fourth-order valence-corrected chi connectivity index (χ4v) is 1.98. The van der Waals surface area contributed by atoms with Gasteiger partial charge in [0, 0.05) is 12.1 Å². The summed E-state index contributed by atoms with van der Waals surface area (Å²) in [6, 6.07) is 12.4. The van der Waals surface area contributed by atoms with Crippen LogP contribution in [0, 0.1) is 11.3 Å². The second-order valence-electron chi connectivity index (χ2n) is 4.48. The molecule has 0 aliphatic carbocycles. The summed E-state index contributed by atoms with van der Waals surface area (Å²) in [5, 5.41) is 8.63. The number of fused-ring (bicyclic) bond motifs is 1. The van der Waals surface area contributed by atoms with E-state index in [-0.39, 0.29) is 0 Å². The van der Waals surface area contributed by atoms with Gasteiger partial charge in [-0.05, 0) is 17.7 Å². The molecule has 3 aromatic rings. The highest BCUT2D eigenvalue weighted by Crippen LogP contribution is 2.31. The number of nitrogens with zero attached hydrogens (tertiary/aromatic N) is 1. The zero-order chi connectivity index (χ0) is 14.8. The van der Waals surface area contributed by atoms with Crippen molar-refractivity contribution in [3.05, 3.63) is 52.5 Å². The molecule has 0 saturated carbocycles. The largest absolute Gasteiger partial charge is 0.455 e. The van der Waals surface area contributed by atoms with Gasteiger partial charge < -0.3 is 14.9 Å². The number of hydrogen-bond acceptors (Lipinski definition) is 5. The summed E-state index contributed by atoms with van der Waals surface area (Å²) < 4.78 is 10.6. The summed E-state index contributed by atoms with van der Waals surface area (Å²) in [4.78, 5) is 13.7. The molecule has 0 aliphatic rings. The van der Waals surface area contributed by atoms with Crippen LogP contribution in [0.1, 0.15) is 5.56 Å².